The van der Waals surface area contributed by atoms with Gasteiger partial charge in [0.1, 0.15) is 18.1 Å². The fraction of sp³-hybridized carbons (Fsp3) is 0.333. The molecule has 0 aliphatic rings. The molecule has 7 heteroatoms. The van der Waals surface area contributed by atoms with Crippen molar-refractivity contribution in [3.05, 3.63) is 53.5 Å². The van der Waals surface area contributed by atoms with Crippen LogP contribution in [0.3, 0.4) is 0 Å². The van der Waals surface area contributed by atoms with Crippen LogP contribution in [0.1, 0.15) is 21.9 Å². The average molecular weight is 347 g/mol. The lowest BCUT2D eigenvalue weighted by Crippen LogP contribution is -2.34. The Morgan fingerprint density at radius 2 is 1.96 bits per heavy atom. The van der Waals surface area contributed by atoms with Crippen molar-refractivity contribution in [2.75, 3.05) is 20.8 Å². The number of ether oxygens (including phenoxy) is 2. The highest BCUT2D eigenvalue weighted by atomic mass is 16.5. The van der Waals surface area contributed by atoms with Gasteiger partial charge in [-0.2, -0.15) is 0 Å². The van der Waals surface area contributed by atoms with Gasteiger partial charge in [0.2, 0.25) is 0 Å². The van der Waals surface area contributed by atoms with E-state index in [-0.39, 0.29) is 25.3 Å². The summed E-state index contributed by atoms with van der Waals surface area (Å²) in [7, 11) is 3.06. The van der Waals surface area contributed by atoms with Gasteiger partial charge < -0.3 is 24.3 Å². The van der Waals surface area contributed by atoms with E-state index in [4.69, 9.17) is 13.9 Å². The van der Waals surface area contributed by atoms with Gasteiger partial charge in [-0.15, -0.1) is 0 Å². The number of aliphatic carboxylic acids is 1. The summed E-state index contributed by atoms with van der Waals surface area (Å²) < 4.78 is 15.5. The number of benzene rings is 1. The van der Waals surface area contributed by atoms with E-state index in [9.17, 15) is 14.7 Å². The van der Waals surface area contributed by atoms with Gasteiger partial charge in [-0.25, -0.2) is 0 Å². The molecule has 0 saturated heterocycles. The molecular formula is C18H21NO6. The first-order valence-corrected chi connectivity index (χ1v) is 7.75. The smallest absolute Gasteiger partial charge is 0.308 e. The number of hydrogen-bond donors (Lipinski definition) is 2. The lowest BCUT2D eigenvalue weighted by atomic mass is 9.98. The van der Waals surface area contributed by atoms with Crippen LogP contribution in [0.15, 0.2) is 40.8 Å². The topological polar surface area (TPSA) is 98.0 Å². The Bertz CT molecular complexity index is 724. The first-order chi connectivity index (χ1) is 12.0. The van der Waals surface area contributed by atoms with E-state index in [1.54, 1.807) is 18.2 Å². The minimum atomic E-state index is -0.995. The summed E-state index contributed by atoms with van der Waals surface area (Å²) in [4.78, 5) is 23.6. The maximum Gasteiger partial charge on any atom is 0.308 e. The molecule has 2 rings (SSSR count). The van der Waals surface area contributed by atoms with Crippen molar-refractivity contribution in [3.63, 3.8) is 0 Å². The summed E-state index contributed by atoms with van der Waals surface area (Å²) in [5.41, 5.74) is 0.770. The Hall–Kier alpha value is -2.80. The maximum absolute atomic E-state index is 12.1. The van der Waals surface area contributed by atoms with Crippen LogP contribution in [-0.2, 0) is 22.6 Å². The van der Waals surface area contributed by atoms with Crippen molar-refractivity contribution in [2.24, 2.45) is 5.92 Å². The first kappa shape index (κ1) is 18.5. The average Bonchev–Trinajstić information content (AvgIpc) is 3.07. The minimum absolute atomic E-state index is 0.0213. The molecule has 0 saturated carbocycles. The first-order valence-electron chi connectivity index (χ1n) is 7.75. The molecule has 1 atom stereocenters. The van der Waals surface area contributed by atoms with Crippen molar-refractivity contribution in [3.8, 4) is 5.75 Å². The molecule has 1 heterocycles. The van der Waals surface area contributed by atoms with Gasteiger partial charge in [-0.1, -0.05) is 18.2 Å². The highest BCUT2D eigenvalue weighted by Crippen LogP contribution is 2.21. The Labute approximate surface area is 145 Å². The molecule has 0 bridgehead atoms. The second-order valence-corrected chi connectivity index (χ2v) is 5.46. The third kappa shape index (κ3) is 5.09. The van der Waals surface area contributed by atoms with Gasteiger partial charge in [0, 0.05) is 13.7 Å². The fourth-order valence-electron chi connectivity index (χ4n) is 2.41. The molecule has 1 unspecified atom stereocenters. The van der Waals surface area contributed by atoms with Crippen LogP contribution in [-0.4, -0.2) is 37.7 Å². The Balaban J connectivity index is 1.99. The number of carboxylic acids is 1. The van der Waals surface area contributed by atoms with Crippen molar-refractivity contribution < 1.29 is 28.6 Å². The van der Waals surface area contributed by atoms with E-state index in [2.05, 4.69) is 5.32 Å². The molecule has 0 fully saturated rings. The third-order valence-electron chi connectivity index (χ3n) is 3.69. The van der Waals surface area contributed by atoms with E-state index in [1.165, 1.54) is 20.3 Å². The highest BCUT2D eigenvalue weighted by Gasteiger charge is 2.21. The fourth-order valence-corrected chi connectivity index (χ4v) is 2.41. The zero-order chi connectivity index (χ0) is 18.2. The number of carbonyl (C=O) groups is 2. The lowest BCUT2D eigenvalue weighted by molar-refractivity contribution is -0.141. The number of carbonyl (C=O) groups excluding carboxylic acids is 1. The van der Waals surface area contributed by atoms with Crippen molar-refractivity contribution in [2.45, 2.75) is 13.0 Å². The molecule has 1 amide bonds. The van der Waals surface area contributed by atoms with Gasteiger partial charge in [0.05, 0.1) is 13.0 Å². The number of amides is 1. The van der Waals surface area contributed by atoms with Gasteiger partial charge >= 0.3 is 5.97 Å². The predicted octanol–water partition coefficient (Wildman–Crippen LogP) is 2.11. The molecule has 1 aromatic heterocycles. The molecule has 7 nitrogen and oxygen atoms in total. The van der Waals surface area contributed by atoms with Crippen LogP contribution < -0.4 is 10.1 Å². The van der Waals surface area contributed by atoms with Crippen LogP contribution in [0.2, 0.25) is 0 Å². The van der Waals surface area contributed by atoms with Crippen molar-refractivity contribution >= 4 is 11.9 Å². The monoisotopic (exact) mass is 347 g/mol. The van der Waals surface area contributed by atoms with Crippen LogP contribution >= 0.6 is 0 Å². The highest BCUT2D eigenvalue weighted by molar-refractivity contribution is 5.91. The van der Waals surface area contributed by atoms with Crippen LogP contribution in [0.25, 0.3) is 0 Å². The summed E-state index contributed by atoms with van der Waals surface area (Å²) in [5.74, 6) is -0.978. The molecule has 0 aliphatic carbocycles. The van der Waals surface area contributed by atoms with Gasteiger partial charge in [-0.05, 0) is 30.2 Å². The van der Waals surface area contributed by atoms with Crippen LogP contribution in [0.4, 0.5) is 0 Å². The zero-order valence-electron chi connectivity index (χ0n) is 14.2. The van der Waals surface area contributed by atoms with Gasteiger partial charge in [0.25, 0.3) is 5.91 Å². The van der Waals surface area contributed by atoms with E-state index in [0.29, 0.717) is 11.5 Å². The van der Waals surface area contributed by atoms with E-state index < -0.39 is 17.8 Å². The molecule has 0 radical (unpaired) electrons. The molecule has 0 spiro atoms. The Morgan fingerprint density at radius 1 is 1.20 bits per heavy atom. The summed E-state index contributed by atoms with van der Waals surface area (Å²) in [6.07, 6.45) is 0.243. The number of hydrogen-bond acceptors (Lipinski definition) is 5. The van der Waals surface area contributed by atoms with Crippen molar-refractivity contribution in [1.82, 2.24) is 5.32 Å². The Kier molecular flexibility index (Phi) is 6.59. The molecular weight excluding hydrogens is 326 g/mol. The second-order valence-electron chi connectivity index (χ2n) is 5.46. The summed E-state index contributed by atoms with van der Waals surface area (Å²) in [6, 6.07) is 10.4. The van der Waals surface area contributed by atoms with Gasteiger partial charge in [0.15, 0.2) is 5.76 Å². The van der Waals surface area contributed by atoms with Crippen molar-refractivity contribution in [1.29, 1.82) is 0 Å². The number of methoxy groups -OCH3 is 2. The number of rotatable bonds is 9. The predicted molar refractivity (Wildman–Crippen MR) is 89.6 cm³/mol. The van der Waals surface area contributed by atoms with E-state index in [1.807, 2.05) is 12.1 Å². The summed E-state index contributed by atoms with van der Waals surface area (Å²) in [6.45, 7) is 0.241. The lowest BCUT2D eigenvalue weighted by Gasteiger charge is -2.15. The largest absolute Gasteiger partial charge is 0.496 e. The SMILES string of the molecule is COCc1ccc(C(=O)NCC(Cc2ccccc2OC)C(=O)O)o1. The standard InChI is InChI=1S/C18H21NO6/c1-23-11-14-7-8-16(25-14)17(20)19-10-13(18(21)22)9-12-5-3-4-6-15(12)24-2/h3-8,13H,9-11H2,1-2H3,(H,19,20)(H,21,22). The second kappa shape index (κ2) is 8.89. The third-order valence-corrected chi connectivity index (χ3v) is 3.69. The number of nitrogens with one attached hydrogen (secondary N) is 1. The maximum atomic E-state index is 12.1. The molecule has 1 aromatic carbocycles. The number of furan rings is 1. The summed E-state index contributed by atoms with van der Waals surface area (Å²) >= 11 is 0. The van der Waals surface area contributed by atoms with Gasteiger partial charge in [-0.3, -0.25) is 9.59 Å². The van der Waals surface area contributed by atoms with Crippen LogP contribution in [0.5, 0.6) is 5.75 Å². The number of carboxylic acid groups (broad SMARTS) is 1. The molecule has 25 heavy (non-hydrogen) atoms. The molecule has 2 aromatic rings. The summed E-state index contributed by atoms with van der Waals surface area (Å²) in [5, 5.41) is 12.0. The molecule has 2 N–H and O–H groups in total. The minimum Gasteiger partial charge on any atom is -0.496 e. The number of para-hydroxylation sites is 1. The quantitative estimate of drug-likeness (QED) is 0.721. The molecule has 0 aliphatic heterocycles. The van der Waals surface area contributed by atoms with E-state index >= 15 is 0 Å². The normalized spacial score (nSPS) is 11.8. The van der Waals surface area contributed by atoms with E-state index in [0.717, 1.165) is 5.56 Å². The Morgan fingerprint density at radius 3 is 2.64 bits per heavy atom. The zero-order valence-corrected chi connectivity index (χ0v) is 14.2. The molecule has 134 valence electrons. The van der Waals surface area contributed by atoms with Crippen LogP contribution in [0, 0.1) is 5.92 Å².